The molecule has 0 fully saturated rings. The number of anilines is 1. The van der Waals surface area contributed by atoms with Crippen molar-refractivity contribution in [3.63, 3.8) is 0 Å². The first-order valence-corrected chi connectivity index (χ1v) is 7.37. The smallest absolute Gasteiger partial charge is 0.245 e. The molecule has 1 aliphatic heterocycles. The number of amides is 1. The molecule has 2 rings (SSSR count). The molecule has 1 amide bonds. The van der Waals surface area contributed by atoms with Crippen LogP contribution in [0.15, 0.2) is 18.2 Å². The van der Waals surface area contributed by atoms with Crippen LogP contribution in [0, 0.1) is 0 Å². The summed E-state index contributed by atoms with van der Waals surface area (Å²) in [5.41, 5.74) is 1.85. The fourth-order valence-electron chi connectivity index (χ4n) is 3.13. The zero-order valence-corrected chi connectivity index (χ0v) is 13.5. The Morgan fingerprint density at radius 2 is 2.15 bits per heavy atom. The van der Waals surface area contributed by atoms with Gasteiger partial charge in [-0.1, -0.05) is 13.0 Å². The first kappa shape index (κ1) is 15.2. The second-order valence-electron chi connectivity index (χ2n) is 6.13. The number of benzene rings is 1. The van der Waals surface area contributed by atoms with Crippen LogP contribution in [0.5, 0.6) is 5.75 Å². The number of halogens is 1. The van der Waals surface area contributed by atoms with Crippen molar-refractivity contribution >= 4 is 23.2 Å². The van der Waals surface area contributed by atoms with E-state index in [1.54, 1.807) is 14.0 Å². The minimum Gasteiger partial charge on any atom is -0.497 e. The Labute approximate surface area is 125 Å². The van der Waals surface area contributed by atoms with E-state index in [2.05, 4.69) is 20.8 Å². The van der Waals surface area contributed by atoms with Gasteiger partial charge in [-0.3, -0.25) is 4.79 Å². The summed E-state index contributed by atoms with van der Waals surface area (Å²) < 4.78 is 5.30. The molecule has 2 atom stereocenters. The predicted molar refractivity (Wildman–Crippen MR) is 82.9 cm³/mol. The summed E-state index contributed by atoms with van der Waals surface area (Å²) in [6.45, 7) is 8.09. The van der Waals surface area contributed by atoms with Crippen molar-refractivity contribution in [2.24, 2.45) is 0 Å². The molecule has 1 aromatic rings. The SMILES string of the molecule is COc1ccc2c(c1)N(C(=O)[C@H](C)Cl)C(C)(C)C[C@H]2C. The zero-order valence-electron chi connectivity index (χ0n) is 12.7. The average Bonchev–Trinajstić information content (AvgIpc) is 2.36. The maximum atomic E-state index is 12.5. The number of hydrogen-bond donors (Lipinski definition) is 0. The van der Waals surface area contributed by atoms with E-state index in [1.165, 1.54) is 5.56 Å². The Morgan fingerprint density at radius 3 is 2.70 bits per heavy atom. The van der Waals surface area contributed by atoms with Gasteiger partial charge in [0, 0.05) is 11.6 Å². The van der Waals surface area contributed by atoms with Gasteiger partial charge < -0.3 is 9.64 Å². The van der Waals surface area contributed by atoms with Crippen LogP contribution >= 0.6 is 11.6 Å². The van der Waals surface area contributed by atoms with Gasteiger partial charge in [-0.15, -0.1) is 11.6 Å². The molecule has 20 heavy (non-hydrogen) atoms. The summed E-state index contributed by atoms with van der Waals surface area (Å²) in [4.78, 5) is 14.4. The number of fused-ring (bicyclic) bond motifs is 1. The third kappa shape index (κ3) is 2.51. The summed E-state index contributed by atoms with van der Waals surface area (Å²) in [5, 5.41) is -0.540. The van der Waals surface area contributed by atoms with Gasteiger partial charge in [0.05, 0.1) is 12.8 Å². The molecule has 0 bridgehead atoms. The van der Waals surface area contributed by atoms with Crippen LogP contribution in [-0.4, -0.2) is 23.9 Å². The van der Waals surface area contributed by atoms with E-state index in [0.29, 0.717) is 5.92 Å². The van der Waals surface area contributed by atoms with E-state index in [4.69, 9.17) is 16.3 Å². The highest BCUT2D eigenvalue weighted by Crippen LogP contribution is 2.45. The second kappa shape index (κ2) is 5.28. The van der Waals surface area contributed by atoms with Crippen LogP contribution in [0.3, 0.4) is 0 Å². The molecule has 0 aliphatic carbocycles. The van der Waals surface area contributed by atoms with Crippen molar-refractivity contribution in [2.75, 3.05) is 12.0 Å². The molecule has 4 heteroatoms. The summed E-state index contributed by atoms with van der Waals surface area (Å²) >= 11 is 6.04. The van der Waals surface area contributed by atoms with Gasteiger partial charge >= 0.3 is 0 Å². The highest BCUT2D eigenvalue weighted by molar-refractivity contribution is 6.32. The quantitative estimate of drug-likeness (QED) is 0.773. The first-order valence-electron chi connectivity index (χ1n) is 6.94. The summed E-state index contributed by atoms with van der Waals surface area (Å²) in [7, 11) is 1.63. The minimum absolute atomic E-state index is 0.0573. The molecule has 0 spiro atoms. The molecule has 1 aromatic carbocycles. The lowest BCUT2D eigenvalue weighted by Gasteiger charge is -2.46. The van der Waals surface area contributed by atoms with Crippen molar-refractivity contribution < 1.29 is 9.53 Å². The van der Waals surface area contributed by atoms with Crippen molar-refractivity contribution in [3.05, 3.63) is 23.8 Å². The van der Waals surface area contributed by atoms with E-state index in [-0.39, 0.29) is 11.4 Å². The molecule has 3 nitrogen and oxygen atoms in total. The molecule has 0 saturated heterocycles. The summed E-state index contributed by atoms with van der Waals surface area (Å²) in [6, 6.07) is 5.93. The Balaban J connectivity index is 2.60. The number of carbonyl (C=O) groups is 1. The monoisotopic (exact) mass is 295 g/mol. The van der Waals surface area contributed by atoms with E-state index < -0.39 is 5.38 Å². The van der Waals surface area contributed by atoms with Crippen LogP contribution in [0.2, 0.25) is 0 Å². The average molecular weight is 296 g/mol. The molecule has 110 valence electrons. The van der Waals surface area contributed by atoms with Crippen LogP contribution in [0.1, 0.15) is 45.6 Å². The number of ether oxygens (including phenoxy) is 1. The fourth-order valence-corrected chi connectivity index (χ4v) is 3.23. The lowest BCUT2D eigenvalue weighted by molar-refractivity contribution is -0.119. The van der Waals surface area contributed by atoms with Gasteiger partial charge in [-0.05, 0) is 44.7 Å². The highest BCUT2D eigenvalue weighted by Gasteiger charge is 2.41. The third-order valence-electron chi connectivity index (χ3n) is 3.98. The number of methoxy groups -OCH3 is 1. The summed E-state index contributed by atoms with van der Waals surface area (Å²) in [6.07, 6.45) is 0.918. The largest absolute Gasteiger partial charge is 0.497 e. The lowest BCUT2D eigenvalue weighted by Crippen LogP contribution is -2.53. The molecule has 0 aromatic heterocycles. The maximum Gasteiger partial charge on any atom is 0.245 e. The van der Waals surface area contributed by atoms with Gasteiger partial charge in [-0.2, -0.15) is 0 Å². The van der Waals surface area contributed by atoms with Crippen molar-refractivity contribution in [2.45, 2.75) is 50.9 Å². The molecule has 1 heterocycles. The number of alkyl halides is 1. The summed E-state index contributed by atoms with van der Waals surface area (Å²) in [5.74, 6) is 1.10. The Bertz CT molecular complexity index is 525. The standard InChI is InChI=1S/C16H22ClNO2/c1-10-9-16(3,4)18(15(19)11(2)17)14-8-12(20-5)6-7-13(10)14/h6-8,10-11H,9H2,1-5H3/t10-,11+/m1/s1. The minimum atomic E-state index is -0.540. The fraction of sp³-hybridized carbons (Fsp3) is 0.562. The number of rotatable bonds is 2. The van der Waals surface area contributed by atoms with Crippen molar-refractivity contribution in [1.29, 1.82) is 0 Å². The van der Waals surface area contributed by atoms with Gasteiger partial charge in [0.25, 0.3) is 0 Å². The predicted octanol–water partition coefficient (Wildman–Crippen LogP) is 3.94. The molecule has 1 aliphatic rings. The Hall–Kier alpha value is -1.22. The Kier molecular flexibility index (Phi) is 4.01. The topological polar surface area (TPSA) is 29.5 Å². The van der Waals surface area contributed by atoms with Gasteiger partial charge in [0.15, 0.2) is 0 Å². The molecular weight excluding hydrogens is 274 g/mol. The van der Waals surface area contributed by atoms with Crippen molar-refractivity contribution in [3.8, 4) is 5.75 Å². The lowest BCUT2D eigenvalue weighted by atomic mass is 9.80. The van der Waals surface area contributed by atoms with Crippen LogP contribution in [0.25, 0.3) is 0 Å². The van der Waals surface area contributed by atoms with E-state index in [1.807, 2.05) is 23.1 Å². The highest BCUT2D eigenvalue weighted by atomic mass is 35.5. The van der Waals surface area contributed by atoms with Crippen LogP contribution in [-0.2, 0) is 4.79 Å². The molecular formula is C16H22ClNO2. The normalized spacial score (nSPS) is 22.1. The number of nitrogens with zero attached hydrogens (tertiary/aromatic N) is 1. The molecule has 0 radical (unpaired) electrons. The van der Waals surface area contributed by atoms with Crippen LogP contribution < -0.4 is 9.64 Å². The van der Waals surface area contributed by atoms with E-state index in [9.17, 15) is 4.79 Å². The van der Waals surface area contributed by atoms with E-state index >= 15 is 0 Å². The van der Waals surface area contributed by atoms with Gasteiger partial charge in [-0.25, -0.2) is 0 Å². The number of hydrogen-bond acceptors (Lipinski definition) is 2. The first-order chi connectivity index (χ1) is 9.27. The molecule has 0 unspecified atom stereocenters. The zero-order chi connectivity index (χ0) is 15.1. The Morgan fingerprint density at radius 1 is 1.50 bits per heavy atom. The molecule has 0 N–H and O–H groups in total. The van der Waals surface area contributed by atoms with Gasteiger partial charge in [0.2, 0.25) is 5.91 Å². The molecule has 0 saturated carbocycles. The van der Waals surface area contributed by atoms with Crippen molar-refractivity contribution in [1.82, 2.24) is 0 Å². The van der Waals surface area contributed by atoms with Gasteiger partial charge in [0.1, 0.15) is 11.1 Å². The van der Waals surface area contributed by atoms with E-state index in [0.717, 1.165) is 17.9 Å². The third-order valence-corrected chi connectivity index (χ3v) is 4.17. The second-order valence-corrected chi connectivity index (χ2v) is 6.79. The maximum absolute atomic E-state index is 12.5. The van der Waals surface area contributed by atoms with Crippen LogP contribution in [0.4, 0.5) is 5.69 Å². The number of carbonyl (C=O) groups excluding carboxylic acids is 1.